The third-order valence-electron chi connectivity index (χ3n) is 5.58. The molecule has 32 heavy (non-hydrogen) atoms. The van der Waals surface area contributed by atoms with Crippen molar-refractivity contribution in [1.82, 2.24) is 9.88 Å². The molecule has 2 heterocycles. The number of fused-ring (bicyclic) bond motifs is 2. The summed E-state index contributed by atoms with van der Waals surface area (Å²) in [6.07, 6.45) is 3.25. The molecule has 1 aliphatic rings. The van der Waals surface area contributed by atoms with E-state index < -0.39 is 0 Å². The summed E-state index contributed by atoms with van der Waals surface area (Å²) in [6, 6.07) is 16.8. The molecule has 0 radical (unpaired) electrons. The smallest absolute Gasteiger partial charge is 0.262 e. The first-order valence-electron chi connectivity index (χ1n) is 10.3. The Kier molecular flexibility index (Phi) is 4.90. The molecule has 3 aromatic carbocycles. The molecule has 0 unspecified atom stereocenters. The Balaban J connectivity index is 1.73. The first-order chi connectivity index (χ1) is 15.6. The molecule has 6 heteroatoms. The van der Waals surface area contributed by atoms with E-state index in [-0.39, 0.29) is 24.2 Å². The van der Waals surface area contributed by atoms with Gasteiger partial charge in [-0.2, -0.15) is 0 Å². The first-order valence-corrected chi connectivity index (χ1v) is 10.3. The second-order valence-electron chi connectivity index (χ2n) is 7.55. The Hall–Kier alpha value is -4.06. The number of hydrogen-bond donors (Lipinski definition) is 0. The largest absolute Gasteiger partial charge is 0.494 e. The maximum Gasteiger partial charge on any atom is 0.262 e. The molecule has 0 saturated heterocycles. The van der Waals surface area contributed by atoms with Crippen molar-refractivity contribution in [3.8, 4) is 16.9 Å². The third kappa shape index (κ3) is 3.30. The van der Waals surface area contributed by atoms with Crippen molar-refractivity contribution in [3.05, 3.63) is 95.6 Å². The van der Waals surface area contributed by atoms with Crippen LogP contribution in [0.3, 0.4) is 0 Å². The van der Waals surface area contributed by atoms with E-state index in [1.165, 1.54) is 17.0 Å². The molecule has 1 aromatic heterocycles. The van der Waals surface area contributed by atoms with Crippen LogP contribution in [0.15, 0.2) is 73.1 Å². The fourth-order valence-corrected chi connectivity index (χ4v) is 4.13. The average molecular weight is 426 g/mol. The lowest BCUT2D eigenvalue weighted by Gasteiger charge is -2.15. The van der Waals surface area contributed by atoms with Gasteiger partial charge < -0.3 is 4.74 Å². The summed E-state index contributed by atoms with van der Waals surface area (Å²) in [7, 11) is 0. The minimum absolute atomic E-state index is 0.151. The number of carbonyl (C=O) groups is 2. The van der Waals surface area contributed by atoms with Gasteiger partial charge in [0, 0.05) is 18.0 Å². The molecule has 0 saturated carbocycles. The van der Waals surface area contributed by atoms with Crippen molar-refractivity contribution in [2.24, 2.45) is 0 Å². The van der Waals surface area contributed by atoms with Crippen LogP contribution in [0.2, 0.25) is 0 Å². The van der Waals surface area contributed by atoms with Gasteiger partial charge in [-0.3, -0.25) is 19.5 Å². The van der Waals surface area contributed by atoms with Gasteiger partial charge in [0.15, 0.2) is 0 Å². The zero-order chi connectivity index (χ0) is 22.2. The van der Waals surface area contributed by atoms with Crippen LogP contribution >= 0.6 is 0 Å². The van der Waals surface area contributed by atoms with Gasteiger partial charge in [-0.05, 0) is 71.3 Å². The van der Waals surface area contributed by atoms with Crippen molar-refractivity contribution in [2.45, 2.75) is 13.5 Å². The summed E-state index contributed by atoms with van der Waals surface area (Å²) >= 11 is 0. The molecular formula is C26H19FN2O3. The fourth-order valence-electron chi connectivity index (χ4n) is 4.13. The Morgan fingerprint density at radius 2 is 1.66 bits per heavy atom. The van der Waals surface area contributed by atoms with E-state index >= 15 is 0 Å². The van der Waals surface area contributed by atoms with Crippen LogP contribution in [0.25, 0.3) is 21.9 Å². The summed E-state index contributed by atoms with van der Waals surface area (Å²) < 4.78 is 19.3. The molecule has 0 spiro atoms. The summed E-state index contributed by atoms with van der Waals surface area (Å²) in [6.45, 7) is 2.55. The number of pyridine rings is 1. The number of rotatable bonds is 5. The number of imide groups is 1. The molecular weight excluding hydrogens is 407 g/mol. The van der Waals surface area contributed by atoms with E-state index in [0.717, 1.165) is 16.3 Å². The van der Waals surface area contributed by atoms with Gasteiger partial charge >= 0.3 is 0 Å². The number of nitrogens with zero attached hydrogens (tertiary/aromatic N) is 2. The summed E-state index contributed by atoms with van der Waals surface area (Å²) in [5, 5.41) is 1.58. The van der Waals surface area contributed by atoms with Gasteiger partial charge in [0.25, 0.3) is 11.8 Å². The van der Waals surface area contributed by atoms with Crippen molar-refractivity contribution >= 4 is 22.6 Å². The Bertz CT molecular complexity index is 1350. The highest BCUT2D eigenvalue weighted by Crippen LogP contribution is 2.40. The molecule has 4 aromatic rings. The molecule has 0 N–H and O–H groups in total. The normalized spacial score (nSPS) is 13.0. The minimum Gasteiger partial charge on any atom is -0.494 e. The van der Waals surface area contributed by atoms with E-state index in [4.69, 9.17) is 4.74 Å². The van der Waals surface area contributed by atoms with Crippen LogP contribution in [-0.2, 0) is 6.54 Å². The molecule has 0 aliphatic carbocycles. The minimum atomic E-state index is -0.373. The quantitative estimate of drug-likeness (QED) is 0.410. The highest BCUT2D eigenvalue weighted by Gasteiger charge is 2.38. The van der Waals surface area contributed by atoms with E-state index in [1.807, 2.05) is 25.1 Å². The van der Waals surface area contributed by atoms with Gasteiger partial charge in [0.1, 0.15) is 11.6 Å². The summed E-state index contributed by atoms with van der Waals surface area (Å²) in [5.41, 5.74) is 2.75. The predicted molar refractivity (Wildman–Crippen MR) is 119 cm³/mol. The number of amides is 2. The van der Waals surface area contributed by atoms with Gasteiger partial charge in [-0.25, -0.2) is 4.39 Å². The van der Waals surface area contributed by atoms with Crippen molar-refractivity contribution < 1.29 is 18.7 Å². The van der Waals surface area contributed by atoms with E-state index in [2.05, 4.69) is 4.98 Å². The number of ether oxygens (including phenoxy) is 1. The second-order valence-corrected chi connectivity index (χ2v) is 7.55. The lowest BCUT2D eigenvalue weighted by atomic mass is 9.90. The second kappa shape index (κ2) is 7.89. The summed E-state index contributed by atoms with van der Waals surface area (Å²) in [4.78, 5) is 32.0. The predicted octanol–water partition coefficient (Wildman–Crippen LogP) is 5.24. The molecule has 5 rings (SSSR count). The number of carbonyl (C=O) groups excluding carboxylic acids is 2. The molecule has 0 atom stereocenters. The van der Waals surface area contributed by atoms with Gasteiger partial charge in [0.2, 0.25) is 0 Å². The topological polar surface area (TPSA) is 59.5 Å². The monoisotopic (exact) mass is 426 g/mol. The van der Waals surface area contributed by atoms with Crippen LogP contribution in [0.1, 0.15) is 33.2 Å². The SMILES string of the molecule is CCOc1ccc2cc3c(c(-c4ccc(F)cc4)c2c1)C(=O)N(Cc1ccncc1)C3=O. The van der Waals surface area contributed by atoms with E-state index in [9.17, 15) is 14.0 Å². The number of aromatic nitrogens is 1. The molecule has 1 aliphatic heterocycles. The van der Waals surface area contributed by atoms with Gasteiger partial charge in [-0.15, -0.1) is 0 Å². The lowest BCUT2D eigenvalue weighted by molar-refractivity contribution is 0.0642. The van der Waals surface area contributed by atoms with Gasteiger partial charge in [0.05, 0.1) is 24.3 Å². The van der Waals surface area contributed by atoms with E-state index in [0.29, 0.717) is 34.6 Å². The zero-order valence-electron chi connectivity index (χ0n) is 17.3. The van der Waals surface area contributed by atoms with Crippen molar-refractivity contribution in [1.29, 1.82) is 0 Å². The number of hydrogen-bond acceptors (Lipinski definition) is 4. The average Bonchev–Trinajstić information content (AvgIpc) is 3.04. The molecule has 5 nitrogen and oxygen atoms in total. The molecule has 2 amide bonds. The van der Waals surface area contributed by atoms with Crippen LogP contribution in [0, 0.1) is 5.82 Å². The standard InChI is InChI=1S/C26H19FN2O3/c1-2-32-20-8-5-18-13-22-24(23(21(18)14-20)17-3-6-19(27)7-4-17)26(31)29(25(22)30)15-16-9-11-28-12-10-16/h3-14H,2,15H2,1H3. The highest BCUT2D eigenvalue weighted by atomic mass is 19.1. The fraction of sp³-hybridized carbons (Fsp3) is 0.115. The maximum absolute atomic E-state index is 13.6. The third-order valence-corrected chi connectivity index (χ3v) is 5.58. The number of halogens is 1. The maximum atomic E-state index is 13.6. The number of benzene rings is 3. The van der Waals surface area contributed by atoms with Crippen LogP contribution in [0.4, 0.5) is 4.39 Å². The first kappa shape index (κ1) is 19.9. The highest BCUT2D eigenvalue weighted by molar-refractivity contribution is 6.27. The van der Waals surface area contributed by atoms with Crippen molar-refractivity contribution in [3.63, 3.8) is 0 Å². The Morgan fingerprint density at radius 1 is 0.906 bits per heavy atom. The van der Waals surface area contributed by atoms with Crippen LogP contribution in [0.5, 0.6) is 5.75 Å². The molecule has 0 bridgehead atoms. The van der Waals surface area contributed by atoms with Crippen molar-refractivity contribution in [2.75, 3.05) is 6.61 Å². The van der Waals surface area contributed by atoms with E-state index in [1.54, 1.807) is 42.7 Å². The van der Waals surface area contributed by atoms with Crippen LogP contribution in [-0.4, -0.2) is 28.3 Å². The summed E-state index contributed by atoms with van der Waals surface area (Å²) in [5.74, 6) is -0.429. The Morgan fingerprint density at radius 3 is 2.38 bits per heavy atom. The Labute approximate surface area is 184 Å². The molecule has 0 fully saturated rings. The lowest BCUT2D eigenvalue weighted by Crippen LogP contribution is -2.29. The molecule has 158 valence electrons. The zero-order valence-corrected chi connectivity index (χ0v) is 17.3. The van der Waals surface area contributed by atoms with Crippen LogP contribution < -0.4 is 4.74 Å². The van der Waals surface area contributed by atoms with Gasteiger partial charge in [-0.1, -0.05) is 18.2 Å².